The number of rotatable bonds is 16. The highest BCUT2D eigenvalue weighted by Crippen LogP contribution is 2.32. The van der Waals surface area contributed by atoms with Gasteiger partial charge in [-0.1, -0.05) is 42.5 Å². The van der Waals surface area contributed by atoms with E-state index in [9.17, 15) is 9.90 Å². The van der Waals surface area contributed by atoms with E-state index in [1.54, 1.807) is 0 Å². The summed E-state index contributed by atoms with van der Waals surface area (Å²) in [5, 5.41) is 14.3. The van der Waals surface area contributed by atoms with Gasteiger partial charge in [-0.05, 0) is 108 Å². The molecule has 0 bridgehead atoms. The van der Waals surface area contributed by atoms with Crippen LogP contribution in [0, 0.1) is 5.92 Å². The molecule has 0 aromatic heterocycles. The van der Waals surface area contributed by atoms with E-state index in [0.29, 0.717) is 31.9 Å². The zero-order valence-electron chi connectivity index (χ0n) is 25.2. The van der Waals surface area contributed by atoms with Crippen molar-refractivity contribution in [3.8, 4) is 5.75 Å². The van der Waals surface area contributed by atoms with Crippen LogP contribution in [0.5, 0.6) is 5.75 Å². The Balaban J connectivity index is 1.52. The van der Waals surface area contributed by atoms with Gasteiger partial charge in [0.15, 0.2) is 0 Å². The molecule has 0 amide bonds. The molecule has 0 fully saturated rings. The van der Waals surface area contributed by atoms with Crippen molar-refractivity contribution in [1.29, 1.82) is 0 Å². The first kappa shape index (κ1) is 31.9. The van der Waals surface area contributed by atoms with Crippen LogP contribution in [0.25, 0.3) is 6.08 Å². The Morgan fingerprint density at radius 1 is 1.12 bits per heavy atom. The number of carbonyl (C=O) groups is 1. The largest absolute Gasteiger partial charge is 0.491 e. The summed E-state index contributed by atoms with van der Waals surface area (Å²) in [5.74, 6) is 1.21. The van der Waals surface area contributed by atoms with E-state index in [4.69, 9.17) is 14.2 Å². The van der Waals surface area contributed by atoms with E-state index in [2.05, 4.69) is 43.4 Å². The Kier molecular flexibility index (Phi) is 12.2. The number of benzene rings is 2. The van der Waals surface area contributed by atoms with Gasteiger partial charge < -0.3 is 24.6 Å². The third kappa shape index (κ3) is 10.4. The van der Waals surface area contributed by atoms with Gasteiger partial charge in [0.25, 0.3) is 0 Å². The third-order valence-corrected chi connectivity index (χ3v) is 7.28. The van der Waals surface area contributed by atoms with Crippen LogP contribution in [0.15, 0.2) is 48.5 Å². The molecule has 1 unspecified atom stereocenters. The van der Waals surface area contributed by atoms with E-state index in [-0.39, 0.29) is 30.3 Å². The minimum Gasteiger partial charge on any atom is -0.491 e. The smallest absolute Gasteiger partial charge is 0.306 e. The number of fused-ring (bicyclic) bond motifs is 1. The number of ether oxygens (including phenoxy) is 3. The van der Waals surface area contributed by atoms with Crippen molar-refractivity contribution in [2.75, 3.05) is 19.8 Å². The molecule has 0 aliphatic heterocycles. The van der Waals surface area contributed by atoms with Gasteiger partial charge in [-0.2, -0.15) is 0 Å². The number of nitrogens with one attached hydrogen (secondary N) is 1. The maximum atomic E-state index is 11.7. The monoisotopic (exact) mass is 551 g/mol. The second-order valence-electron chi connectivity index (χ2n) is 11.8. The molecule has 1 aliphatic carbocycles. The molecule has 2 N–H and O–H groups in total. The van der Waals surface area contributed by atoms with Gasteiger partial charge in [0.1, 0.15) is 5.75 Å². The Morgan fingerprint density at radius 2 is 1.82 bits per heavy atom. The molecule has 6 heteroatoms. The normalized spacial score (nSPS) is 15.4. The first-order valence-electron chi connectivity index (χ1n) is 14.8. The lowest BCUT2D eigenvalue weighted by Gasteiger charge is -2.31. The second kappa shape index (κ2) is 15.4. The SMILES string of the molecule is CCOC(=O)CC/C=C/c1ccc(OC(C)C)cc1C(C)OC[C@H](O)CNC(C)(C)CC1Cc2ccccc2C1. The van der Waals surface area contributed by atoms with Gasteiger partial charge in [-0.3, -0.25) is 4.79 Å². The van der Waals surface area contributed by atoms with Crippen molar-refractivity contribution >= 4 is 12.0 Å². The number of allylic oxidation sites excluding steroid dienone is 1. The van der Waals surface area contributed by atoms with Gasteiger partial charge in [-0.15, -0.1) is 0 Å². The van der Waals surface area contributed by atoms with Crippen LogP contribution < -0.4 is 10.1 Å². The molecule has 0 radical (unpaired) electrons. The summed E-state index contributed by atoms with van der Waals surface area (Å²) in [4.78, 5) is 11.7. The maximum Gasteiger partial charge on any atom is 0.306 e. The topological polar surface area (TPSA) is 77.0 Å². The van der Waals surface area contributed by atoms with Gasteiger partial charge in [0.2, 0.25) is 0 Å². The third-order valence-electron chi connectivity index (χ3n) is 7.28. The molecular weight excluding hydrogens is 502 g/mol. The Hall–Kier alpha value is -2.67. The predicted molar refractivity (Wildman–Crippen MR) is 162 cm³/mol. The predicted octanol–water partition coefficient (Wildman–Crippen LogP) is 6.44. The van der Waals surface area contributed by atoms with Crippen molar-refractivity contribution in [2.45, 2.75) is 97.5 Å². The number of aliphatic hydroxyl groups excluding tert-OH is 1. The number of hydrogen-bond donors (Lipinski definition) is 2. The quantitative estimate of drug-likeness (QED) is 0.234. The van der Waals surface area contributed by atoms with Crippen molar-refractivity contribution in [2.24, 2.45) is 5.92 Å². The standard InChI is InChI=1S/C34H49NO5/c1-7-38-33(37)15-11-10-12-27-16-17-31(40-24(2)3)20-32(27)25(4)39-23-30(36)22-35-34(5,6)21-26-18-28-13-8-9-14-29(28)19-26/h8-10,12-14,16-17,20,24-26,30,35-36H,7,11,15,18-19,21-23H2,1-6H3/b12-10+/t25?,30-/m1/s1. The van der Waals surface area contributed by atoms with Crippen molar-refractivity contribution in [3.63, 3.8) is 0 Å². The molecule has 0 heterocycles. The van der Waals surface area contributed by atoms with E-state index < -0.39 is 6.10 Å². The van der Waals surface area contributed by atoms with E-state index in [0.717, 1.165) is 36.1 Å². The van der Waals surface area contributed by atoms with Crippen LogP contribution in [0.4, 0.5) is 0 Å². The molecule has 40 heavy (non-hydrogen) atoms. The highest BCUT2D eigenvalue weighted by Gasteiger charge is 2.28. The van der Waals surface area contributed by atoms with Gasteiger partial charge in [-0.25, -0.2) is 0 Å². The van der Waals surface area contributed by atoms with Crippen LogP contribution in [0.3, 0.4) is 0 Å². The van der Waals surface area contributed by atoms with Crippen LogP contribution in [-0.2, 0) is 27.1 Å². The molecule has 220 valence electrons. The lowest BCUT2D eigenvalue weighted by Crippen LogP contribution is -2.45. The lowest BCUT2D eigenvalue weighted by molar-refractivity contribution is -0.143. The first-order valence-corrected chi connectivity index (χ1v) is 14.8. The summed E-state index contributed by atoms with van der Waals surface area (Å²) in [5.41, 5.74) is 4.85. The van der Waals surface area contributed by atoms with Gasteiger partial charge in [0, 0.05) is 18.5 Å². The Bertz CT molecular complexity index is 1080. The lowest BCUT2D eigenvalue weighted by atomic mass is 9.88. The zero-order valence-corrected chi connectivity index (χ0v) is 25.2. The highest BCUT2D eigenvalue weighted by molar-refractivity contribution is 5.69. The van der Waals surface area contributed by atoms with E-state index >= 15 is 0 Å². The van der Waals surface area contributed by atoms with Gasteiger partial charge in [0.05, 0.1) is 31.5 Å². The molecule has 2 aromatic carbocycles. The first-order chi connectivity index (χ1) is 19.1. The zero-order chi connectivity index (χ0) is 29.1. The number of carbonyl (C=O) groups excluding carboxylic acids is 1. The Labute approximate surface area is 241 Å². The fraction of sp³-hybridized carbons (Fsp3) is 0.559. The minimum atomic E-state index is -0.624. The fourth-order valence-corrected chi connectivity index (χ4v) is 5.43. The maximum absolute atomic E-state index is 11.7. The van der Waals surface area contributed by atoms with Crippen LogP contribution in [0.2, 0.25) is 0 Å². The molecule has 3 rings (SSSR count). The van der Waals surface area contributed by atoms with Gasteiger partial charge >= 0.3 is 5.97 Å². The number of hydrogen-bond acceptors (Lipinski definition) is 6. The molecule has 2 atom stereocenters. The van der Waals surface area contributed by atoms with E-state index in [1.807, 2.05) is 58.0 Å². The van der Waals surface area contributed by atoms with Crippen molar-refractivity contribution in [1.82, 2.24) is 5.32 Å². The van der Waals surface area contributed by atoms with E-state index in [1.165, 1.54) is 11.1 Å². The van der Waals surface area contributed by atoms with Crippen LogP contribution in [-0.4, -0.2) is 48.6 Å². The minimum absolute atomic E-state index is 0.0599. The molecule has 6 nitrogen and oxygen atoms in total. The number of β-amino-alcohol motifs (C(OH)–C–C–N with tert-alkyl or cyclic N) is 1. The molecule has 0 spiro atoms. The summed E-state index contributed by atoms with van der Waals surface area (Å²) in [6.07, 6.45) is 7.44. The summed E-state index contributed by atoms with van der Waals surface area (Å²) in [6.45, 7) is 13.3. The van der Waals surface area contributed by atoms with Crippen molar-refractivity contribution < 1.29 is 24.1 Å². The molecular formula is C34H49NO5. The molecule has 1 aliphatic rings. The summed E-state index contributed by atoms with van der Waals surface area (Å²) < 4.78 is 17.1. The summed E-state index contributed by atoms with van der Waals surface area (Å²) in [7, 11) is 0. The summed E-state index contributed by atoms with van der Waals surface area (Å²) >= 11 is 0. The highest BCUT2D eigenvalue weighted by atomic mass is 16.5. The summed E-state index contributed by atoms with van der Waals surface area (Å²) in [6, 6.07) is 14.7. The number of esters is 1. The molecule has 2 aromatic rings. The van der Waals surface area contributed by atoms with Crippen LogP contribution >= 0.6 is 0 Å². The molecule has 0 saturated carbocycles. The second-order valence-corrected chi connectivity index (χ2v) is 11.8. The Morgan fingerprint density at radius 3 is 2.48 bits per heavy atom. The van der Waals surface area contributed by atoms with Crippen molar-refractivity contribution in [3.05, 3.63) is 70.8 Å². The average molecular weight is 552 g/mol. The van der Waals surface area contributed by atoms with Crippen LogP contribution in [0.1, 0.15) is 89.2 Å². The fourth-order valence-electron chi connectivity index (χ4n) is 5.43. The average Bonchev–Trinajstić information content (AvgIpc) is 3.30. The number of aliphatic hydroxyl groups is 1. The molecule has 0 saturated heterocycles.